The van der Waals surface area contributed by atoms with Gasteiger partial charge in [-0.15, -0.1) is 10.2 Å². The van der Waals surface area contributed by atoms with Gasteiger partial charge in [-0.05, 0) is 87.9 Å². The summed E-state index contributed by atoms with van der Waals surface area (Å²) in [7, 11) is 4.22. The van der Waals surface area contributed by atoms with E-state index in [-0.39, 0.29) is 5.89 Å². The van der Waals surface area contributed by atoms with Crippen LogP contribution in [0.5, 0.6) is 0 Å². The molecule has 0 aliphatic carbocycles. The van der Waals surface area contributed by atoms with Crippen molar-refractivity contribution in [3.8, 4) is 22.8 Å². The zero-order valence-corrected chi connectivity index (χ0v) is 22.2. The Hall–Kier alpha value is -4.05. The van der Waals surface area contributed by atoms with Gasteiger partial charge < -0.3 is 23.5 Å². The lowest BCUT2D eigenvalue weighted by atomic mass is 10.0. The van der Waals surface area contributed by atoms with Gasteiger partial charge in [0.2, 0.25) is 12.3 Å². The predicted octanol–water partition coefficient (Wildman–Crippen LogP) is 5.94. The summed E-state index contributed by atoms with van der Waals surface area (Å²) < 4.78 is 36.6. The van der Waals surface area contributed by atoms with Crippen LogP contribution in [0.1, 0.15) is 36.5 Å². The normalized spacial score (nSPS) is 14.6. The molecule has 1 saturated heterocycles. The Kier molecular flexibility index (Phi) is 7.74. The highest BCUT2D eigenvalue weighted by Gasteiger charge is 2.25. The Balaban J connectivity index is 1.44. The van der Waals surface area contributed by atoms with Crippen molar-refractivity contribution in [3.63, 3.8) is 0 Å². The van der Waals surface area contributed by atoms with Gasteiger partial charge in [-0.3, -0.25) is 4.79 Å². The number of aryl methyl sites for hydroxylation is 1. The van der Waals surface area contributed by atoms with Crippen molar-refractivity contribution < 1.29 is 22.4 Å². The lowest BCUT2D eigenvalue weighted by Gasteiger charge is -2.38. The Labute approximate surface area is 225 Å². The molecule has 10 heteroatoms. The number of nitrogens with zero attached hydrogens (tertiary/aromatic N) is 5. The number of carbonyl (C=O) groups is 1. The molecule has 8 nitrogen and oxygen atoms in total. The fraction of sp³-hybridized carbons (Fsp3) is 0.345. The topological polar surface area (TPSA) is 78.9 Å². The number of likely N-dealkylation sites (tertiary alicyclic amines) is 1. The van der Waals surface area contributed by atoms with Crippen LogP contribution >= 0.6 is 0 Å². The molecular formula is C29H31F2N5O3. The molecule has 0 atom stereocenters. The third-order valence-electron chi connectivity index (χ3n) is 7.23. The van der Waals surface area contributed by atoms with Crippen LogP contribution in [-0.2, 0) is 11.3 Å². The van der Waals surface area contributed by atoms with E-state index in [1.54, 1.807) is 17.0 Å². The molecule has 0 radical (unpaired) electrons. The van der Waals surface area contributed by atoms with Gasteiger partial charge in [0.05, 0.1) is 17.9 Å². The second-order valence-corrected chi connectivity index (χ2v) is 9.94. The number of halogens is 2. The van der Waals surface area contributed by atoms with E-state index in [1.165, 1.54) is 0 Å². The molecule has 1 fully saturated rings. The Morgan fingerprint density at radius 1 is 1.00 bits per heavy atom. The number of benzene rings is 2. The molecule has 5 rings (SSSR count). The summed E-state index contributed by atoms with van der Waals surface area (Å²) in [4.78, 5) is 18.8. The maximum absolute atomic E-state index is 12.8. The molecule has 39 heavy (non-hydrogen) atoms. The number of hydrogen-bond acceptors (Lipinski definition) is 7. The number of piperidine rings is 1. The van der Waals surface area contributed by atoms with Crippen molar-refractivity contribution >= 4 is 17.8 Å². The summed E-state index contributed by atoms with van der Waals surface area (Å²) in [6, 6.07) is 17.3. The average Bonchev–Trinajstić information content (AvgIpc) is 3.62. The number of furan rings is 1. The summed E-state index contributed by atoms with van der Waals surface area (Å²) in [5.41, 5.74) is 4.00. The summed E-state index contributed by atoms with van der Waals surface area (Å²) in [6.07, 6.45) is 0.0855. The van der Waals surface area contributed by atoms with Crippen LogP contribution in [0.4, 0.5) is 20.2 Å². The molecule has 1 aliphatic rings. The molecule has 0 N–H and O–H groups in total. The lowest BCUT2D eigenvalue weighted by Crippen LogP contribution is -2.42. The molecular weight excluding hydrogens is 504 g/mol. The van der Waals surface area contributed by atoms with E-state index in [1.807, 2.05) is 43.3 Å². The van der Waals surface area contributed by atoms with Crippen LogP contribution in [-0.4, -0.2) is 54.7 Å². The SMILES string of the molecule is Cc1ccc(-c2ccc(N(C)C3CCN(C)CC3)c(N(C=O)Cc3ccc(-c4nnc(C(F)F)o4)cc3)c2)o1. The number of hydrogen-bond donors (Lipinski definition) is 0. The van der Waals surface area contributed by atoms with E-state index >= 15 is 0 Å². The monoisotopic (exact) mass is 535 g/mol. The number of carbonyl (C=O) groups excluding carboxylic acids is 1. The van der Waals surface area contributed by atoms with Crippen molar-refractivity contribution in [2.45, 2.75) is 38.8 Å². The zero-order chi connectivity index (χ0) is 27.5. The minimum Gasteiger partial charge on any atom is -0.461 e. The fourth-order valence-corrected chi connectivity index (χ4v) is 4.94. The zero-order valence-electron chi connectivity index (χ0n) is 22.2. The smallest absolute Gasteiger partial charge is 0.314 e. The molecule has 204 valence electrons. The molecule has 0 unspecified atom stereocenters. The molecule has 4 aromatic rings. The molecule has 2 aromatic heterocycles. The highest BCUT2D eigenvalue weighted by Crippen LogP contribution is 2.37. The maximum atomic E-state index is 12.8. The third kappa shape index (κ3) is 5.85. The number of amides is 1. The second kappa shape index (κ2) is 11.4. The van der Waals surface area contributed by atoms with Crippen molar-refractivity contribution in [3.05, 3.63) is 71.8 Å². The molecule has 3 heterocycles. The molecule has 0 bridgehead atoms. The minimum absolute atomic E-state index is 0.0209. The molecule has 1 aliphatic heterocycles. The molecule has 2 aromatic carbocycles. The van der Waals surface area contributed by atoms with Crippen LogP contribution < -0.4 is 9.80 Å². The lowest BCUT2D eigenvalue weighted by molar-refractivity contribution is -0.107. The van der Waals surface area contributed by atoms with E-state index in [0.717, 1.165) is 66.4 Å². The Morgan fingerprint density at radius 3 is 2.33 bits per heavy atom. The summed E-state index contributed by atoms with van der Waals surface area (Å²) in [6.45, 7) is 4.26. The first kappa shape index (κ1) is 26.6. The van der Waals surface area contributed by atoms with Gasteiger partial charge in [-0.2, -0.15) is 8.78 Å². The average molecular weight is 536 g/mol. The molecule has 1 amide bonds. The number of alkyl halides is 2. The Morgan fingerprint density at radius 2 is 1.72 bits per heavy atom. The van der Waals surface area contributed by atoms with E-state index in [4.69, 9.17) is 8.83 Å². The van der Waals surface area contributed by atoms with E-state index < -0.39 is 12.3 Å². The number of rotatable bonds is 9. The fourth-order valence-electron chi connectivity index (χ4n) is 4.94. The second-order valence-electron chi connectivity index (χ2n) is 9.94. The summed E-state index contributed by atoms with van der Waals surface area (Å²) >= 11 is 0. The van der Waals surface area contributed by atoms with Crippen molar-refractivity contribution in [2.24, 2.45) is 0 Å². The van der Waals surface area contributed by atoms with Crippen LogP contribution in [0.3, 0.4) is 0 Å². The van der Waals surface area contributed by atoms with Gasteiger partial charge in [0.15, 0.2) is 0 Å². The van der Waals surface area contributed by atoms with Gasteiger partial charge in [0.25, 0.3) is 5.89 Å². The summed E-state index contributed by atoms with van der Waals surface area (Å²) in [5, 5.41) is 7.08. The predicted molar refractivity (Wildman–Crippen MR) is 145 cm³/mol. The highest BCUT2D eigenvalue weighted by atomic mass is 19.3. The van der Waals surface area contributed by atoms with Gasteiger partial charge in [0, 0.05) is 24.2 Å². The largest absolute Gasteiger partial charge is 0.461 e. The first-order valence-corrected chi connectivity index (χ1v) is 12.9. The first-order valence-electron chi connectivity index (χ1n) is 12.9. The van der Waals surface area contributed by atoms with E-state index in [2.05, 4.69) is 40.2 Å². The number of aromatic nitrogens is 2. The van der Waals surface area contributed by atoms with Crippen LogP contribution in [0.15, 0.2) is 63.4 Å². The van der Waals surface area contributed by atoms with Crippen molar-refractivity contribution in [1.82, 2.24) is 15.1 Å². The number of anilines is 2. The Bertz CT molecular complexity index is 1410. The first-order chi connectivity index (χ1) is 18.8. The molecule has 0 saturated carbocycles. The minimum atomic E-state index is -2.82. The standard InChI is InChI=1S/C29H31F2N5O3/c1-19-4-11-26(38-19)22-9-10-24(35(3)23-12-14-34(2)15-13-23)25(16-22)36(18-37)17-20-5-7-21(8-6-20)28-32-33-29(39-28)27(30)31/h4-11,16,18,23,27H,12-15,17H2,1-3H3. The van der Waals surface area contributed by atoms with Crippen molar-refractivity contribution in [1.29, 1.82) is 0 Å². The quantitative estimate of drug-likeness (QED) is 0.246. The van der Waals surface area contributed by atoms with Crippen LogP contribution in [0, 0.1) is 6.92 Å². The molecule has 0 spiro atoms. The third-order valence-corrected chi connectivity index (χ3v) is 7.23. The van der Waals surface area contributed by atoms with Crippen LogP contribution in [0.25, 0.3) is 22.8 Å². The summed E-state index contributed by atoms with van der Waals surface area (Å²) in [5.74, 6) is 0.857. The van der Waals surface area contributed by atoms with Gasteiger partial charge in [-0.1, -0.05) is 12.1 Å². The van der Waals surface area contributed by atoms with Crippen LogP contribution in [0.2, 0.25) is 0 Å². The van der Waals surface area contributed by atoms with Gasteiger partial charge in [0.1, 0.15) is 11.5 Å². The van der Waals surface area contributed by atoms with E-state index in [0.29, 0.717) is 18.2 Å². The highest BCUT2D eigenvalue weighted by molar-refractivity contribution is 5.87. The maximum Gasteiger partial charge on any atom is 0.314 e. The van der Waals surface area contributed by atoms with E-state index in [9.17, 15) is 13.6 Å². The van der Waals surface area contributed by atoms with Crippen molar-refractivity contribution in [2.75, 3.05) is 37.0 Å². The van der Waals surface area contributed by atoms with Gasteiger partial charge in [-0.25, -0.2) is 0 Å². The van der Waals surface area contributed by atoms with Gasteiger partial charge >= 0.3 is 6.43 Å².